The van der Waals surface area contributed by atoms with Gasteiger partial charge in [-0.05, 0) is 25.3 Å². The van der Waals surface area contributed by atoms with E-state index < -0.39 is 0 Å². The Morgan fingerprint density at radius 3 is 2.71 bits per heavy atom. The Kier molecular flexibility index (Phi) is 7.21. The van der Waals surface area contributed by atoms with Gasteiger partial charge < -0.3 is 15.7 Å². The Balaban J connectivity index is 1.75. The maximum Gasteiger partial charge on any atom is 0.315 e. The lowest BCUT2D eigenvalue weighted by Gasteiger charge is -2.16. The Labute approximate surface area is 147 Å². The molecule has 3 N–H and O–H groups in total. The molecule has 5 nitrogen and oxygen atoms in total. The van der Waals surface area contributed by atoms with Crippen LogP contribution in [0.15, 0.2) is 30.3 Å². The normalized spacial score (nSPS) is 12.0. The Bertz CT molecular complexity index is 643. The Morgan fingerprint density at radius 1 is 1.33 bits per heavy atom. The number of thiazole rings is 1. The van der Waals surface area contributed by atoms with Crippen LogP contribution in [0.2, 0.25) is 0 Å². The number of aromatic nitrogens is 1. The first-order valence-corrected chi connectivity index (χ1v) is 9.08. The number of nitrogens with zero attached hydrogens (tertiary/aromatic N) is 1. The summed E-state index contributed by atoms with van der Waals surface area (Å²) in [7, 11) is 0. The minimum Gasteiger partial charge on any atom is -0.394 e. The first-order chi connectivity index (χ1) is 11.6. The highest BCUT2D eigenvalue weighted by atomic mass is 32.1. The quantitative estimate of drug-likeness (QED) is 0.687. The van der Waals surface area contributed by atoms with Crippen LogP contribution in [0.5, 0.6) is 0 Å². The molecule has 1 unspecified atom stereocenters. The average molecular weight is 347 g/mol. The number of hydrogen-bond donors (Lipinski definition) is 3. The molecule has 0 bridgehead atoms. The topological polar surface area (TPSA) is 74.2 Å². The molecule has 0 spiro atoms. The molecule has 0 aliphatic carbocycles. The molecule has 0 aliphatic rings. The van der Waals surface area contributed by atoms with Crippen molar-refractivity contribution in [3.63, 3.8) is 0 Å². The van der Waals surface area contributed by atoms with Crippen LogP contribution in [0.25, 0.3) is 0 Å². The van der Waals surface area contributed by atoms with Gasteiger partial charge >= 0.3 is 6.03 Å². The van der Waals surface area contributed by atoms with E-state index in [2.05, 4.69) is 29.5 Å². The van der Waals surface area contributed by atoms with E-state index in [1.807, 2.05) is 30.3 Å². The number of aliphatic hydroxyl groups excluding tert-OH is 1. The third-order valence-corrected chi connectivity index (χ3v) is 4.85. The predicted octanol–water partition coefficient (Wildman–Crippen LogP) is 2.46. The fourth-order valence-electron chi connectivity index (χ4n) is 2.50. The van der Waals surface area contributed by atoms with Crippen LogP contribution in [0.1, 0.15) is 28.1 Å². The van der Waals surface area contributed by atoms with Gasteiger partial charge in [-0.3, -0.25) is 0 Å². The molecule has 130 valence electrons. The smallest absolute Gasteiger partial charge is 0.315 e. The van der Waals surface area contributed by atoms with Crippen molar-refractivity contribution in [1.29, 1.82) is 0 Å². The number of aliphatic hydroxyl groups is 1. The van der Waals surface area contributed by atoms with E-state index in [4.69, 9.17) is 0 Å². The predicted molar refractivity (Wildman–Crippen MR) is 97.5 cm³/mol. The van der Waals surface area contributed by atoms with Crippen molar-refractivity contribution in [3.05, 3.63) is 51.5 Å². The van der Waals surface area contributed by atoms with Gasteiger partial charge in [0.15, 0.2) is 0 Å². The number of hydrogen-bond acceptors (Lipinski definition) is 4. The van der Waals surface area contributed by atoms with Crippen molar-refractivity contribution in [3.8, 4) is 0 Å². The van der Waals surface area contributed by atoms with E-state index in [1.54, 1.807) is 11.3 Å². The number of aryl methyl sites for hydroxylation is 2. The van der Waals surface area contributed by atoms with Crippen molar-refractivity contribution >= 4 is 17.4 Å². The van der Waals surface area contributed by atoms with Gasteiger partial charge in [0.05, 0.1) is 23.4 Å². The molecule has 1 heterocycles. The van der Waals surface area contributed by atoms with E-state index in [0.717, 1.165) is 29.1 Å². The number of carbonyl (C=O) groups is 1. The lowest BCUT2D eigenvalue weighted by Crippen LogP contribution is -2.45. The highest BCUT2D eigenvalue weighted by molar-refractivity contribution is 7.11. The minimum absolute atomic E-state index is 0.0894. The lowest BCUT2D eigenvalue weighted by molar-refractivity contribution is 0.216. The molecular formula is C18H25N3O2S. The van der Waals surface area contributed by atoms with Crippen LogP contribution < -0.4 is 10.6 Å². The summed E-state index contributed by atoms with van der Waals surface area (Å²) in [6, 6.07) is 9.27. The second-order valence-corrected chi connectivity index (χ2v) is 6.97. The van der Waals surface area contributed by atoms with Gasteiger partial charge in [-0.15, -0.1) is 11.3 Å². The van der Waals surface area contributed by atoms with Crippen molar-refractivity contribution < 1.29 is 9.90 Å². The maximum atomic E-state index is 12.0. The van der Waals surface area contributed by atoms with E-state index in [1.165, 1.54) is 4.88 Å². The van der Waals surface area contributed by atoms with Gasteiger partial charge in [-0.2, -0.15) is 0 Å². The summed E-state index contributed by atoms with van der Waals surface area (Å²) >= 11 is 1.69. The zero-order chi connectivity index (χ0) is 17.4. The van der Waals surface area contributed by atoms with E-state index in [-0.39, 0.29) is 18.7 Å². The molecule has 1 aromatic carbocycles. The fraction of sp³-hybridized carbons (Fsp3) is 0.444. The second kappa shape index (κ2) is 9.39. The largest absolute Gasteiger partial charge is 0.394 e. The zero-order valence-electron chi connectivity index (χ0n) is 14.2. The third kappa shape index (κ3) is 5.62. The van der Waals surface area contributed by atoms with Crippen LogP contribution >= 0.6 is 11.3 Å². The van der Waals surface area contributed by atoms with Crippen LogP contribution in [0.4, 0.5) is 4.79 Å². The highest BCUT2D eigenvalue weighted by Crippen LogP contribution is 2.17. The van der Waals surface area contributed by atoms with Gasteiger partial charge in [0, 0.05) is 17.8 Å². The number of urea groups is 1. The van der Waals surface area contributed by atoms with Gasteiger partial charge in [-0.1, -0.05) is 37.3 Å². The second-order valence-electron chi connectivity index (χ2n) is 5.68. The molecule has 1 atom stereocenters. The van der Waals surface area contributed by atoms with Gasteiger partial charge in [-0.25, -0.2) is 9.78 Å². The average Bonchev–Trinajstić information content (AvgIpc) is 2.95. The number of carbonyl (C=O) groups excluding carboxylic acids is 1. The molecule has 0 radical (unpaired) electrons. The minimum atomic E-state index is -0.291. The summed E-state index contributed by atoms with van der Waals surface area (Å²) in [4.78, 5) is 17.8. The molecule has 0 saturated carbocycles. The van der Waals surface area contributed by atoms with Gasteiger partial charge in [0.1, 0.15) is 0 Å². The first-order valence-electron chi connectivity index (χ1n) is 8.26. The molecule has 2 aromatic rings. The molecule has 0 fully saturated rings. The Morgan fingerprint density at radius 2 is 2.08 bits per heavy atom. The van der Waals surface area contributed by atoms with Crippen molar-refractivity contribution in [1.82, 2.24) is 15.6 Å². The molecule has 0 saturated heterocycles. The number of amides is 2. The summed E-state index contributed by atoms with van der Waals surface area (Å²) < 4.78 is 0. The fourth-order valence-corrected chi connectivity index (χ4v) is 3.52. The first kappa shape index (κ1) is 18.4. The summed E-state index contributed by atoms with van der Waals surface area (Å²) in [5, 5.41) is 16.1. The van der Waals surface area contributed by atoms with Crippen LogP contribution in [0, 0.1) is 6.92 Å². The number of rotatable bonds is 8. The summed E-state index contributed by atoms with van der Waals surface area (Å²) in [5.41, 5.74) is 2.23. The maximum absolute atomic E-state index is 12.0. The van der Waals surface area contributed by atoms with Crippen molar-refractivity contribution in [2.24, 2.45) is 0 Å². The molecule has 2 rings (SSSR count). The number of benzene rings is 1. The Hall–Kier alpha value is -1.92. The molecule has 24 heavy (non-hydrogen) atoms. The molecule has 6 heteroatoms. The molecule has 1 aromatic heterocycles. The van der Waals surface area contributed by atoms with Crippen molar-refractivity contribution in [2.75, 3.05) is 13.2 Å². The van der Waals surface area contributed by atoms with E-state index in [9.17, 15) is 9.90 Å². The SMILES string of the molecule is CCc1nc(CCNC(=O)NC(CO)Cc2ccccc2)sc1C. The van der Waals surface area contributed by atoms with E-state index >= 15 is 0 Å². The summed E-state index contributed by atoms with van der Waals surface area (Å²) in [6.45, 7) is 4.62. The van der Waals surface area contributed by atoms with Crippen LogP contribution in [0.3, 0.4) is 0 Å². The molecule has 2 amide bonds. The van der Waals surface area contributed by atoms with Crippen molar-refractivity contribution in [2.45, 2.75) is 39.2 Å². The summed E-state index contributed by atoms with van der Waals surface area (Å²) in [5.74, 6) is 0. The zero-order valence-corrected chi connectivity index (χ0v) is 15.0. The monoisotopic (exact) mass is 347 g/mol. The number of nitrogens with one attached hydrogen (secondary N) is 2. The lowest BCUT2D eigenvalue weighted by atomic mass is 10.1. The van der Waals surface area contributed by atoms with Gasteiger partial charge in [0.25, 0.3) is 0 Å². The van der Waals surface area contributed by atoms with Crippen LogP contribution in [-0.2, 0) is 19.3 Å². The molecule has 0 aliphatic heterocycles. The third-order valence-electron chi connectivity index (χ3n) is 3.78. The van der Waals surface area contributed by atoms with Crippen LogP contribution in [-0.4, -0.2) is 35.3 Å². The van der Waals surface area contributed by atoms with Gasteiger partial charge in [0.2, 0.25) is 0 Å². The molecular weight excluding hydrogens is 322 g/mol. The summed E-state index contributed by atoms with van der Waals surface area (Å²) in [6.07, 6.45) is 2.27. The highest BCUT2D eigenvalue weighted by Gasteiger charge is 2.12. The van der Waals surface area contributed by atoms with E-state index in [0.29, 0.717) is 13.0 Å². The standard InChI is InChI=1S/C18H25N3O2S/c1-3-16-13(2)24-17(21-16)9-10-19-18(23)20-15(12-22)11-14-7-5-4-6-8-14/h4-8,15,22H,3,9-12H2,1-2H3,(H2,19,20,23).